The van der Waals surface area contributed by atoms with Gasteiger partial charge in [-0.25, -0.2) is 4.98 Å². The summed E-state index contributed by atoms with van der Waals surface area (Å²) in [6.07, 6.45) is 2.25. The van der Waals surface area contributed by atoms with Gasteiger partial charge in [-0.15, -0.1) is 0 Å². The number of hydrogen-bond acceptors (Lipinski definition) is 4. The van der Waals surface area contributed by atoms with Crippen LogP contribution < -0.4 is 0 Å². The molecule has 0 saturated carbocycles. The molecule has 6 nitrogen and oxygen atoms in total. The molecule has 1 aromatic heterocycles. The van der Waals surface area contributed by atoms with Crippen LogP contribution in [-0.2, 0) is 4.79 Å². The number of oxazole rings is 1. The maximum Gasteiger partial charge on any atom is 0.253 e. The van der Waals surface area contributed by atoms with E-state index in [4.69, 9.17) is 4.42 Å². The average Bonchev–Trinajstić information content (AvgIpc) is 2.78. The molecule has 3 rings (SSSR count). The number of amides is 2. The normalized spacial score (nSPS) is 15.6. The van der Waals surface area contributed by atoms with Crippen LogP contribution in [0.1, 0.15) is 42.4 Å². The van der Waals surface area contributed by atoms with E-state index in [1.807, 2.05) is 16.7 Å². The van der Waals surface area contributed by atoms with E-state index in [0.29, 0.717) is 48.6 Å². The van der Waals surface area contributed by atoms with Gasteiger partial charge in [-0.1, -0.05) is 6.92 Å². The summed E-state index contributed by atoms with van der Waals surface area (Å²) in [4.78, 5) is 32.8. The average molecular weight is 329 g/mol. The molecule has 24 heavy (non-hydrogen) atoms. The van der Waals surface area contributed by atoms with Gasteiger partial charge in [0.15, 0.2) is 11.5 Å². The summed E-state index contributed by atoms with van der Waals surface area (Å²) in [5, 5.41) is 0. The summed E-state index contributed by atoms with van der Waals surface area (Å²) in [6.45, 7) is 6.38. The molecule has 1 aliphatic rings. The number of rotatable bonds is 3. The van der Waals surface area contributed by atoms with Crippen LogP contribution in [0.3, 0.4) is 0 Å². The van der Waals surface area contributed by atoms with Gasteiger partial charge in [0.1, 0.15) is 5.52 Å². The van der Waals surface area contributed by atoms with Gasteiger partial charge < -0.3 is 14.2 Å². The molecular formula is C18H23N3O3. The molecule has 2 aromatic rings. The van der Waals surface area contributed by atoms with Gasteiger partial charge in [0, 0.05) is 45.1 Å². The largest absolute Gasteiger partial charge is 0.441 e. The number of aryl methyl sites for hydroxylation is 1. The zero-order valence-corrected chi connectivity index (χ0v) is 14.2. The van der Waals surface area contributed by atoms with Crippen LogP contribution in [0.25, 0.3) is 11.1 Å². The molecule has 6 heteroatoms. The van der Waals surface area contributed by atoms with Crippen LogP contribution >= 0.6 is 0 Å². The highest BCUT2D eigenvalue weighted by molar-refractivity contribution is 5.97. The minimum Gasteiger partial charge on any atom is -0.441 e. The Balaban J connectivity index is 1.70. The van der Waals surface area contributed by atoms with Gasteiger partial charge in [-0.2, -0.15) is 0 Å². The zero-order chi connectivity index (χ0) is 17.1. The van der Waals surface area contributed by atoms with Crippen LogP contribution in [0, 0.1) is 6.92 Å². The lowest BCUT2D eigenvalue weighted by Crippen LogP contribution is -2.37. The number of carbonyl (C=O) groups excluding carboxylic acids is 2. The molecule has 0 aliphatic carbocycles. The molecule has 0 spiro atoms. The lowest BCUT2D eigenvalue weighted by atomic mass is 10.1. The number of aromatic nitrogens is 1. The molecular weight excluding hydrogens is 306 g/mol. The Kier molecular flexibility index (Phi) is 4.83. The van der Waals surface area contributed by atoms with Crippen molar-refractivity contribution in [2.24, 2.45) is 0 Å². The van der Waals surface area contributed by atoms with E-state index in [2.05, 4.69) is 4.98 Å². The number of carbonyl (C=O) groups is 2. The third-order valence-corrected chi connectivity index (χ3v) is 4.34. The number of nitrogens with zero attached hydrogens (tertiary/aromatic N) is 3. The van der Waals surface area contributed by atoms with E-state index in [1.54, 1.807) is 25.1 Å². The number of fused-ring (bicyclic) bond motifs is 1. The van der Waals surface area contributed by atoms with E-state index in [0.717, 1.165) is 19.4 Å². The van der Waals surface area contributed by atoms with Crippen molar-refractivity contribution in [3.8, 4) is 0 Å². The highest BCUT2D eigenvalue weighted by Crippen LogP contribution is 2.18. The van der Waals surface area contributed by atoms with Crippen molar-refractivity contribution in [3.05, 3.63) is 29.7 Å². The maximum absolute atomic E-state index is 12.8. The lowest BCUT2D eigenvalue weighted by molar-refractivity contribution is -0.131. The molecule has 1 aromatic carbocycles. The second kappa shape index (κ2) is 7.03. The first-order valence-corrected chi connectivity index (χ1v) is 8.52. The predicted octanol–water partition coefficient (Wildman–Crippen LogP) is 2.61. The number of benzene rings is 1. The van der Waals surface area contributed by atoms with E-state index in [-0.39, 0.29) is 11.8 Å². The van der Waals surface area contributed by atoms with Crippen LogP contribution in [0.15, 0.2) is 22.6 Å². The summed E-state index contributed by atoms with van der Waals surface area (Å²) in [5.41, 5.74) is 2.01. The molecule has 0 atom stereocenters. The molecule has 0 unspecified atom stereocenters. The second-order valence-corrected chi connectivity index (χ2v) is 6.19. The van der Waals surface area contributed by atoms with Crippen LogP contribution in [0.5, 0.6) is 0 Å². The first-order chi connectivity index (χ1) is 11.6. The van der Waals surface area contributed by atoms with Gasteiger partial charge in [0.25, 0.3) is 5.91 Å². The van der Waals surface area contributed by atoms with Crippen molar-refractivity contribution >= 4 is 22.9 Å². The van der Waals surface area contributed by atoms with Crippen LogP contribution in [0.4, 0.5) is 0 Å². The third kappa shape index (κ3) is 3.42. The van der Waals surface area contributed by atoms with Crippen molar-refractivity contribution in [2.45, 2.75) is 33.1 Å². The predicted molar refractivity (Wildman–Crippen MR) is 90.8 cm³/mol. The molecule has 0 N–H and O–H groups in total. The Labute approximate surface area is 141 Å². The molecule has 0 radical (unpaired) electrons. The molecule has 2 amide bonds. The summed E-state index contributed by atoms with van der Waals surface area (Å²) in [7, 11) is 0. The quantitative estimate of drug-likeness (QED) is 0.868. The Morgan fingerprint density at radius 2 is 1.92 bits per heavy atom. The van der Waals surface area contributed by atoms with E-state index in [9.17, 15) is 9.59 Å². The first kappa shape index (κ1) is 16.5. The van der Waals surface area contributed by atoms with Crippen molar-refractivity contribution in [3.63, 3.8) is 0 Å². The summed E-state index contributed by atoms with van der Waals surface area (Å²) in [6, 6.07) is 5.34. The van der Waals surface area contributed by atoms with Gasteiger partial charge in [0.2, 0.25) is 5.91 Å². The van der Waals surface area contributed by atoms with Crippen molar-refractivity contribution in [2.75, 3.05) is 26.2 Å². The third-order valence-electron chi connectivity index (χ3n) is 4.34. The Bertz CT molecular complexity index is 753. The smallest absolute Gasteiger partial charge is 0.253 e. The molecule has 0 bridgehead atoms. The summed E-state index contributed by atoms with van der Waals surface area (Å²) >= 11 is 0. The minimum atomic E-state index is -0.0117. The standard InChI is InChI=1S/C18H23N3O3/c1-3-5-17(22)20-8-4-9-21(11-10-20)18(23)14-6-7-16-15(12-14)19-13(2)24-16/h6-7,12H,3-5,8-11H2,1-2H3. The van der Waals surface area contributed by atoms with Gasteiger partial charge in [-0.05, 0) is 31.0 Å². The van der Waals surface area contributed by atoms with Crippen molar-refractivity contribution < 1.29 is 14.0 Å². The highest BCUT2D eigenvalue weighted by Gasteiger charge is 2.22. The van der Waals surface area contributed by atoms with Gasteiger partial charge >= 0.3 is 0 Å². The fourth-order valence-corrected chi connectivity index (χ4v) is 3.10. The molecule has 1 fully saturated rings. The van der Waals surface area contributed by atoms with Crippen molar-refractivity contribution in [1.29, 1.82) is 0 Å². The SMILES string of the molecule is CCCC(=O)N1CCCN(C(=O)c2ccc3oc(C)nc3c2)CC1. The Morgan fingerprint density at radius 3 is 2.71 bits per heavy atom. The maximum atomic E-state index is 12.8. The molecule has 2 heterocycles. The summed E-state index contributed by atoms with van der Waals surface area (Å²) in [5.74, 6) is 0.767. The molecule has 1 aliphatic heterocycles. The Hall–Kier alpha value is -2.37. The van der Waals surface area contributed by atoms with E-state index < -0.39 is 0 Å². The highest BCUT2D eigenvalue weighted by atomic mass is 16.3. The topological polar surface area (TPSA) is 66.7 Å². The second-order valence-electron chi connectivity index (χ2n) is 6.19. The lowest BCUT2D eigenvalue weighted by Gasteiger charge is -2.22. The monoisotopic (exact) mass is 329 g/mol. The zero-order valence-electron chi connectivity index (χ0n) is 14.2. The summed E-state index contributed by atoms with van der Waals surface area (Å²) < 4.78 is 5.45. The minimum absolute atomic E-state index is 0.0117. The van der Waals surface area contributed by atoms with E-state index in [1.165, 1.54) is 0 Å². The van der Waals surface area contributed by atoms with Gasteiger partial charge in [0.05, 0.1) is 0 Å². The fourth-order valence-electron chi connectivity index (χ4n) is 3.10. The Morgan fingerprint density at radius 1 is 1.17 bits per heavy atom. The molecule has 1 saturated heterocycles. The molecule has 128 valence electrons. The van der Waals surface area contributed by atoms with Gasteiger partial charge in [-0.3, -0.25) is 9.59 Å². The first-order valence-electron chi connectivity index (χ1n) is 8.52. The van der Waals surface area contributed by atoms with E-state index >= 15 is 0 Å². The number of hydrogen-bond donors (Lipinski definition) is 0. The van der Waals surface area contributed by atoms with Crippen molar-refractivity contribution in [1.82, 2.24) is 14.8 Å². The van der Waals surface area contributed by atoms with Crippen LogP contribution in [-0.4, -0.2) is 52.8 Å². The fraction of sp³-hybridized carbons (Fsp3) is 0.500. The van der Waals surface area contributed by atoms with Crippen LogP contribution in [0.2, 0.25) is 0 Å².